The van der Waals surface area contributed by atoms with Crippen LogP contribution in [0.15, 0.2) is 60.7 Å². The molecule has 0 aromatic heterocycles. The molecule has 0 atom stereocenters. The number of hydrogen-bond donors (Lipinski definition) is 0. The van der Waals surface area contributed by atoms with E-state index in [9.17, 15) is 24.0 Å². The van der Waals surface area contributed by atoms with Crippen LogP contribution in [0.2, 0.25) is 0 Å². The Morgan fingerprint density at radius 1 is 0.742 bits per heavy atom. The zero-order valence-electron chi connectivity index (χ0n) is 16.5. The molecule has 1 aliphatic rings. The van der Waals surface area contributed by atoms with Crippen molar-refractivity contribution in [1.29, 1.82) is 0 Å². The number of halogens is 2. The maximum atomic E-state index is 12.6. The van der Waals surface area contributed by atoms with Gasteiger partial charge in [0.2, 0.25) is 22.3 Å². The fraction of sp³-hybridized carbons (Fsp3) is 0.227. The number of rotatable bonds is 7. The van der Waals surface area contributed by atoms with Crippen LogP contribution < -0.4 is 0 Å². The second-order valence-corrected chi connectivity index (χ2v) is 7.44. The molecule has 3 rings (SSSR count). The van der Waals surface area contributed by atoms with Gasteiger partial charge < -0.3 is 0 Å². The first kappa shape index (κ1) is 24.2. The third kappa shape index (κ3) is 7.96. The molecule has 0 aliphatic carbocycles. The molecule has 4 amide bonds. The number of imide groups is 2. The molecule has 2 aromatic carbocycles. The van der Waals surface area contributed by atoms with Crippen LogP contribution in [0.1, 0.15) is 24.0 Å². The standard InChI is InChI=1S/C19H18N2O3.C3H2Cl2O2/c22-17-13-18(23)21(14-16-9-5-2-6-10-16)19(24)20(17)12-11-15-7-3-1-4-8-15;4-2(6)1-3(5)7/h1-10H,11-14H2;1H2. The lowest BCUT2D eigenvalue weighted by Crippen LogP contribution is -2.55. The van der Waals surface area contributed by atoms with Crippen LogP contribution in [0, 0.1) is 0 Å². The van der Waals surface area contributed by atoms with Gasteiger partial charge in [-0.15, -0.1) is 0 Å². The molecule has 162 valence electrons. The van der Waals surface area contributed by atoms with Gasteiger partial charge in [0.1, 0.15) is 6.42 Å². The van der Waals surface area contributed by atoms with E-state index in [4.69, 9.17) is 23.2 Å². The summed E-state index contributed by atoms with van der Waals surface area (Å²) in [5.74, 6) is -0.866. The molecule has 1 fully saturated rings. The maximum absolute atomic E-state index is 12.6. The predicted molar refractivity (Wildman–Crippen MR) is 115 cm³/mol. The van der Waals surface area contributed by atoms with Gasteiger partial charge in [-0.2, -0.15) is 0 Å². The Labute approximate surface area is 189 Å². The largest absolute Gasteiger partial charge is 0.333 e. The zero-order chi connectivity index (χ0) is 22.8. The van der Waals surface area contributed by atoms with Gasteiger partial charge in [-0.05, 0) is 40.7 Å². The smallest absolute Gasteiger partial charge is 0.281 e. The summed E-state index contributed by atoms with van der Waals surface area (Å²) in [5.41, 5.74) is 1.90. The summed E-state index contributed by atoms with van der Waals surface area (Å²) < 4.78 is 0. The molecule has 2 aromatic rings. The van der Waals surface area contributed by atoms with Gasteiger partial charge in [-0.1, -0.05) is 60.7 Å². The molecule has 7 nitrogen and oxygen atoms in total. The van der Waals surface area contributed by atoms with Crippen molar-refractivity contribution in [2.75, 3.05) is 6.54 Å². The van der Waals surface area contributed by atoms with Crippen molar-refractivity contribution < 1.29 is 24.0 Å². The van der Waals surface area contributed by atoms with E-state index in [-0.39, 0.29) is 25.9 Å². The van der Waals surface area contributed by atoms with Gasteiger partial charge in [0.15, 0.2) is 0 Å². The lowest BCUT2D eigenvalue weighted by atomic mass is 10.1. The molecular weight excluding hydrogens is 443 g/mol. The van der Waals surface area contributed by atoms with Crippen LogP contribution in [0.4, 0.5) is 4.79 Å². The average Bonchev–Trinajstić information content (AvgIpc) is 2.72. The number of barbiturate groups is 1. The summed E-state index contributed by atoms with van der Waals surface area (Å²) in [6, 6.07) is 18.4. The highest BCUT2D eigenvalue weighted by atomic mass is 35.5. The highest BCUT2D eigenvalue weighted by Crippen LogP contribution is 2.16. The van der Waals surface area contributed by atoms with E-state index in [0.29, 0.717) is 6.42 Å². The van der Waals surface area contributed by atoms with Crippen molar-refractivity contribution in [3.05, 3.63) is 71.8 Å². The summed E-state index contributed by atoms with van der Waals surface area (Å²) in [4.78, 5) is 58.5. The van der Waals surface area contributed by atoms with E-state index in [1.165, 1.54) is 4.90 Å². The molecule has 31 heavy (non-hydrogen) atoms. The lowest BCUT2D eigenvalue weighted by Gasteiger charge is -2.32. The Bertz CT molecular complexity index is 939. The Morgan fingerprint density at radius 3 is 1.71 bits per heavy atom. The average molecular weight is 463 g/mol. The topological polar surface area (TPSA) is 91.8 Å². The summed E-state index contributed by atoms with van der Waals surface area (Å²) >= 11 is 9.46. The van der Waals surface area contributed by atoms with Crippen molar-refractivity contribution >= 4 is 51.5 Å². The Hall–Kier alpha value is -3.03. The van der Waals surface area contributed by atoms with Crippen molar-refractivity contribution in [3.8, 4) is 0 Å². The Balaban J connectivity index is 0.000000423. The molecular formula is C22H20Cl2N2O5. The normalized spacial score (nSPS) is 13.5. The molecule has 0 radical (unpaired) electrons. The van der Waals surface area contributed by atoms with Gasteiger partial charge >= 0.3 is 6.03 Å². The fourth-order valence-corrected chi connectivity index (χ4v) is 3.13. The zero-order valence-corrected chi connectivity index (χ0v) is 18.0. The van der Waals surface area contributed by atoms with Gasteiger partial charge in [-0.25, -0.2) is 4.79 Å². The number of carbonyl (C=O) groups is 5. The first-order chi connectivity index (χ1) is 14.8. The number of nitrogens with zero attached hydrogens (tertiary/aromatic N) is 2. The van der Waals surface area contributed by atoms with Crippen molar-refractivity contribution in [1.82, 2.24) is 9.80 Å². The molecule has 9 heteroatoms. The maximum Gasteiger partial charge on any atom is 0.333 e. The van der Waals surface area contributed by atoms with Crippen molar-refractivity contribution in [2.45, 2.75) is 25.8 Å². The third-order valence-electron chi connectivity index (χ3n) is 4.29. The second-order valence-electron chi connectivity index (χ2n) is 6.59. The van der Waals surface area contributed by atoms with Crippen LogP contribution in [0.5, 0.6) is 0 Å². The van der Waals surface area contributed by atoms with Gasteiger partial charge in [0.25, 0.3) is 0 Å². The molecule has 0 spiro atoms. The monoisotopic (exact) mass is 462 g/mol. The minimum atomic E-state index is -0.722. The second kappa shape index (κ2) is 12.0. The van der Waals surface area contributed by atoms with Crippen LogP contribution >= 0.6 is 23.2 Å². The van der Waals surface area contributed by atoms with E-state index >= 15 is 0 Å². The molecule has 1 saturated heterocycles. The summed E-state index contributed by atoms with van der Waals surface area (Å²) in [6.07, 6.45) is -0.0673. The van der Waals surface area contributed by atoms with Crippen molar-refractivity contribution in [2.24, 2.45) is 0 Å². The van der Waals surface area contributed by atoms with Crippen molar-refractivity contribution in [3.63, 3.8) is 0 Å². The molecule has 0 unspecified atom stereocenters. The summed E-state index contributed by atoms with van der Waals surface area (Å²) in [5, 5.41) is -1.44. The Morgan fingerprint density at radius 2 is 1.23 bits per heavy atom. The van der Waals surface area contributed by atoms with E-state index in [1.807, 2.05) is 60.7 Å². The van der Waals surface area contributed by atoms with E-state index in [0.717, 1.165) is 16.0 Å². The van der Waals surface area contributed by atoms with E-state index in [1.54, 1.807) is 0 Å². The highest BCUT2D eigenvalue weighted by molar-refractivity contribution is 6.72. The fourth-order valence-electron chi connectivity index (χ4n) is 2.82. The molecule has 1 heterocycles. The van der Waals surface area contributed by atoms with Gasteiger partial charge in [-0.3, -0.25) is 29.0 Å². The van der Waals surface area contributed by atoms with E-state index < -0.39 is 28.3 Å². The predicted octanol–water partition coefficient (Wildman–Crippen LogP) is 3.52. The molecule has 1 aliphatic heterocycles. The first-order valence-electron chi connectivity index (χ1n) is 9.37. The van der Waals surface area contributed by atoms with Crippen LogP contribution in [0.3, 0.4) is 0 Å². The third-order valence-corrected chi connectivity index (χ3v) is 4.56. The molecule has 0 saturated carbocycles. The van der Waals surface area contributed by atoms with Gasteiger partial charge in [0, 0.05) is 6.54 Å². The highest BCUT2D eigenvalue weighted by Gasteiger charge is 2.37. The summed E-state index contributed by atoms with van der Waals surface area (Å²) in [6.45, 7) is 0.466. The number of benzene rings is 2. The number of carbonyl (C=O) groups excluding carboxylic acids is 5. The molecule has 0 bridgehead atoms. The van der Waals surface area contributed by atoms with Crippen LogP contribution in [0.25, 0.3) is 0 Å². The Kier molecular flexibility index (Phi) is 9.37. The SMILES string of the molecule is O=C(Cl)CC(=O)Cl.O=C1CC(=O)N(Cc2ccccc2)C(=O)N1CCc1ccccc1. The summed E-state index contributed by atoms with van der Waals surface area (Å²) in [7, 11) is 0. The van der Waals surface area contributed by atoms with E-state index in [2.05, 4.69) is 0 Å². The first-order valence-corrected chi connectivity index (χ1v) is 10.1. The number of hydrogen-bond acceptors (Lipinski definition) is 5. The van der Waals surface area contributed by atoms with Crippen LogP contribution in [-0.2, 0) is 32.1 Å². The number of amides is 4. The van der Waals surface area contributed by atoms with Crippen LogP contribution in [-0.4, -0.2) is 44.7 Å². The molecule has 0 N–H and O–H groups in total. The minimum absolute atomic E-state index is 0.188. The quantitative estimate of drug-likeness (QED) is 0.463. The lowest BCUT2D eigenvalue weighted by molar-refractivity contribution is -0.142. The number of urea groups is 1. The minimum Gasteiger partial charge on any atom is -0.281 e. The van der Waals surface area contributed by atoms with Gasteiger partial charge in [0.05, 0.1) is 13.0 Å².